The molecule has 2 atom stereocenters. The lowest BCUT2D eigenvalue weighted by molar-refractivity contribution is -0.135. The van der Waals surface area contributed by atoms with Gasteiger partial charge < -0.3 is 10.6 Å². The highest BCUT2D eigenvalue weighted by Gasteiger charge is 2.37. The molecule has 2 aliphatic heterocycles. The average Bonchev–Trinajstić information content (AvgIpc) is 3.30. The second-order valence-corrected chi connectivity index (χ2v) is 11.7. The summed E-state index contributed by atoms with van der Waals surface area (Å²) < 4.78 is 0. The summed E-state index contributed by atoms with van der Waals surface area (Å²) in [5, 5.41) is 0. The fourth-order valence-electron chi connectivity index (χ4n) is 6.61. The molecule has 190 valence electrons. The molecule has 2 N–H and O–H groups in total. The number of ketones is 1. The Morgan fingerprint density at radius 3 is 2.40 bits per heavy atom. The molecule has 1 saturated heterocycles. The number of amides is 1. The van der Waals surface area contributed by atoms with Crippen molar-refractivity contribution in [3.05, 3.63) is 47.5 Å². The van der Waals surface area contributed by atoms with Gasteiger partial charge in [-0.05, 0) is 74.8 Å². The molecule has 1 aromatic carbocycles. The van der Waals surface area contributed by atoms with Crippen LogP contribution in [-0.2, 0) is 9.59 Å². The number of carbonyl (C=O) groups is 2. The van der Waals surface area contributed by atoms with E-state index in [1.54, 1.807) is 0 Å². The molecule has 5 nitrogen and oxygen atoms in total. The molecule has 5 heteroatoms. The summed E-state index contributed by atoms with van der Waals surface area (Å²) >= 11 is 0. The van der Waals surface area contributed by atoms with Crippen LogP contribution in [-0.4, -0.2) is 41.1 Å². The molecular formula is C30H43N3O2. The van der Waals surface area contributed by atoms with Gasteiger partial charge in [0.15, 0.2) is 5.78 Å². The number of piperidine rings is 1. The van der Waals surface area contributed by atoms with Gasteiger partial charge in [-0.2, -0.15) is 0 Å². The van der Waals surface area contributed by atoms with Crippen LogP contribution in [0.4, 0.5) is 0 Å². The molecule has 2 unspecified atom stereocenters. The zero-order valence-corrected chi connectivity index (χ0v) is 21.8. The SMILES string of the molecule is CC(C)CC1(C)N=C(N)C=C(CC2CCN(C(=O)C(c3ccccc3)C3CCCC3)CC2)CC1=O. The van der Waals surface area contributed by atoms with E-state index in [0.717, 1.165) is 57.2 Å². The van der Waals surface area contributed by atoms with Gasteiger partial charge >= 0.3 is 0 Å². The minimum Gasteiger partial charge on any atom is -0.384 e. The van der Waals surface area contributed by atoms with Gasteiger partial charge in [-0.3, -0.25) is 14.6 Å². The van der Waals surface area contributed by atoms with E-state index in [-0.39, 0.29) is 11.7 Å². The Hall–Kier alpha value is -2.43. The molecule has 0 bridgehead atoms. The highest BCUT2D eigenvalue weighted by Crippen LogP contribution is 2.39. The average molecular weight is 478 g/mol. The van der Waals surface area contributed by atoms with Crippen molar-refractivity contribution in [1.82, 2.24) is 4.90 Å². The lowest BCUT2D eigenvalue weighted by Crippen LogP contribution is -2.42. The number of aliphatic imine (C=N–C) groups is 1. The van der Waals surface area contributed by atoms with Crippen LogP contribution in [0.2, 0.25) is 0 Å². The van der Waals surface area contributed by atoms with Crippen LogP contribution >= 0.6 is 0 Å². The second kappa shape index (κ2) is 11.1. The van der Waals surface area contributed by atoms with Crippen LogP contribution in [0.5, 0.6) is 0 Å². The number of nitrogens with zero attached hydrogens (tertiary/aromatic N) is 2. The van der Waals surface area contributed by atoms with E-state index in [1.165, 1.54) is 18.4 Å². The predicted molar refractivity (Wildman–Crippen MR) is 142 cm³/mol. The molecule has 1 saturated carbocycles. The van der Waals surface area contributed by atoms with Gasteiger partial charge in [-0.15, -0.1) is 0 Å². The number of benzene rings is 1. The number of likely N-dealkylation sites (tertiary alicyclic amines) is 1. The zero-order chi connectivity index (χ0) is 25.0. The number of rotatable bonds is 7. The van der Waals surface area contributed by atoms with Gasteiger partial charge in [0.05, 0.1) is 5.92 Å². The van der Waals surface area contributed by atoms with Gasteiger partial charge in [-0.1, -0.05) is 62.6 Å². The van der Waals surface area contributed by atoms with Crippen molar-refractivity contribution in [3.63, 3.8) is 0 Å². The Kier molecular flexibility index (Phi) is 8.13. The standard InChI is InChI=1S/C30H43N3O2/c1-21(2)20-30(3)26(34)18-23(19-27(31)32-30)17-22-13-15-33(16-14-22)29(35)28(25-11-7-8-12-25)24-9-5-4-6-10-24/h4-6,9-10,19,21-22,25,28H,7-8,11-18,20H2,1-3H3,(H2,31,32). The van der Waals surface area contributed by atoms with Crippen LogP contribution in [0.15, 0.2) is 47.0 Å². The fourth-order valence-corrected chi connectivity index (χ4v) is 6.61. The Balaban J connectivity index is 1.37. The highest BCUT2D eigenvalue weighted by molar-refractivity contribution is 6.00. The normalized spacial score (nSPS) is 25.4. The Bertz CT molecular complexity index is 953. The van der Waals surface area contributed by atoms with E-state index in [2.05, 4.69) is 48.0 Å². The largest absolute Gasteiger partial charge is 0.384 e. The summed E-state index contributed by atoms with van der Waals surface area (Å²) in [5.41, 5.74) is 7.77. The molecule has 35 heavy (non-hydrogen) atoms. The molecule has 1 amide bonds. The molecule has 0 spiro atoms. The summed E-state index contributed by atoms with van der Waals surface area (Å²) in [7, 11) is 0. The number of allylic oxidation sites excluding steroid dienone is 1. The van der Waals surface area contributed by atoms with Crippen molar-refractivity contribution >= 4 is 17.5 Å². The molecule has 0 radical (unpaired) electrons. The smallest absolute Gasteiger partial charge is 0.230 e. The maximum absolute atomic E-state index is 13.7. The number of amidine groups is 1. The second-order valence-electron chi connectivity index (χ2n) is 11.7. The highest BCUT2D eigenvalue weighted by atomic mass is 16.2. The number of carbonyl (C=O) groups excluding carboxylic acids is 2. The van der Waals surface area contributed by atoms with Crippen LogP contribution in [0.3, 0.4) is 0 Å². The minimum atomic E-state index is -0.723. The third kappa shape index (κ3) is 6.23. The van der Waals surface area contributed by atoms with Gasteiger partial charge in [0.25, 0.3) is 0 Å². The third-order valence-corrected chi connectivity index (χ3v) is 8.29. The van der Waals surface area contributed by atoms with E-state index in [4.69, 9.17) is 5.73 Å². The molecule has 3 aliphatic rings. The van der Waals surface area contributed by atoms with Gasteiger partial charge in [0, 0.05) is 19.5 Å². The first-order valence-electron chi connectivity index (χ1n) is 13.7. The predicted octanol–water partition coefficient (Wildman–Crippen LogP) is 5.65. The van der Waals surface area contributed by atoms with Gasteiger partial charge in [0.1, 0.15) is 11.4 Å². The van der Waals surface area contributed by atoms with Crippen molar-refractivity contribution in [2.24, 2.45) is 28.5 Å². The molecule has 2 fully saturated rings. The molecule has 2 heterocycles. The van der Waals surface area contributed by atoms with Gasteiger partial charge in [-0.25, -0.2) is 0 Å². The first kappa shape index (κ1) is 25.7. The molecule has 4 rings (SSSR count). The van der Waals surface area contributed by atoms with Crippen LogP contribution in [0.1, 0.15) is 90.0 Å². The van der Waals surface area contributed by atoms with Crippen LogP contribution in [0.25, 0.3) is 0 Å². The first-order chi connectivity index (χ1) is 16.7. The quantitative estimate of drug-likeness (QED) is 0.551. The number of hydrogen-bond acceptors (Lipinski definition) is 4. The van der Waals surface area contributed by atoms with E-state index in [9.17, 15) is 9.59 Å². The maximum atomic E-state index is 13.7. The number of hydrogen-bond donors (Lipinski definition) is 1. The molecule has 1 aromatic rings. The summed E-state index contributed by atoms with van der Waals surface area (Å²) in [5.74, 6) is 2.28. The van der Waals surface area contributed by atoms with Crippen molar-refractivity contribution in [2.45, 2.75) is 90.0 Å². The Labute approximate surface area is 211 Å². The van der Waals surface area contributed by atoms with E-state index < -0.39 is 5.54 Å². The lowest BCUT2D eigenvalue weighted by Gasteiger charge is -2.36. The fraction of sp³-hybridized carbons (Fsp3) is 0.633. The molecule has 1 aliphatic carbocycles. The van der Waals surface area contributed by atoms with Crippen molar-refractivity contribution in [1.29, 1.82) is 0 Å². The van der Waals surface area contributed by atoms with Crippen LogP contribution < -0.4 is 5.73 Å². The third-order valence-electron chi connectivity index (χ3n) is 8.29. The van der Waals surface area contributed by atoms with E-state index in [1.807, 2.05) is 19.1 Å². The minimum absolute atomic E-state index is 0.00733. The summed E-state index contributed by atoms with van der Waals surface area (Å²) in [6.45, 7) is 7.77. The Morgan fingerprint density at radius 2 is 1.77 bits per heavy atom. The van der Waals surface area contributed by atoms with Crippen molar-refractivity contribution in [3.8, 4) is 0 Å². The molecule has 0 aromatic heterocycles. The summed E-state index contributed by atoms with van der Waals surface area (Å²) in [6.07, 6.45) is 10.7. The maximum Gasteiger partial charge on any atom is 0.230 e. The van der Waals surface area contributed by atoms with E-state index in [0.29, 0.717) is 35.9 Å². The first-order valence-corrected chi connectivity index (χ1v) is 13.7. The van der Waals surface area contributed by atoms with E-state index >= 15 is 0 Å². The number of nitrogens with two attached hydrogens (primary N) is 1. The van der Waals surface area contributed by atoms with Crippen molar-refractivity contribution in [2.75, 3.05) is 13.1 Å². The number of Topliss-reactive ketones (excluding diaryl/α,β-unsaturated/α-hetero) is 1. The molecular weight excluding hydrogens is 434 g/mol. The van der Waals surface area contributed by atoms with Crippen molar-refractivity contribution < 1.29 is 9.59 Å². The van der Waals surface area contributed by atoms with Gasteiger partial charge in [0.2, 0.25) is 5.91 Å². The monoisotopic (exact) mass is 477 g/mol. The lowest BCUT2D eigenvalue weighted by atomic mass is 9.81. The topological polar surface area (TPSA) is 75.8 Å². The zero-order valence-electron chi connectivity index (χ0n) is 21.8. The Morgan fingerprint density at radius 1 is 1.11 bits per heavy atom. The summed E-state index contributed by atoms with van der Waals surface area (Å²) in [6, 6.07) is 10.4. The summed E-state index contributed by atoms with van der Waals surface area (Å²) in [4.78, 5) is 33.5. The van der Waals surface area contributed by atoms with Crippen LogP contribution in [0, 0.1) is 17.8 Å².